The number of carbonyl (C=O) groups is 4. The second-order valence-electron chi connectivity index (χ2n) is 12.1. The Kier molecular flexibility index (Phi) is 8.70. The van der Waals surface area contributed by atoms with E-state index < -0.39 is 47.3 Å². The molecule has 12 heteroatoms. The zero-order valence-corrected chi connectivity index (χ0v) is 25.5. The number of fused-ring (bicyclic) bond motifs is 3. The summed E-state index contributed by atoms with van der Waals surface area (Å²) in [6, 6.07) is 15.0. The minimum atomic E-state index is -1.43. The number of benzene rings is 2. The standard InChI is InChI=1S/C34H35BN4O7/c1-45-22-13-14-24-27(15-22)36-26(20-9-5-4-6-10-20)17-29(24)46-23-16-28-30(40)38-34(32(42)43)18-21(34)11-7-2-3-8-12-25(37-33(35)44)31(41)39(28)19-23/h4-7,9-11,13-15,17,21,23,25,28H,2-3,8,12,16,18-19H2,1H3,(H,37,44)(H,38,40)(H,42,43)/t21?,23-,25+,28+,34-/m1/s1. The van der Waals surface area contributed by atoms with Gasteiger partial charge in [-0.1, -0.05) is 48.9 Å². The lowest BCUT2D eigenvalue weighted by Crippen LogP contribution is -2.56. The van der Waals surface area contributed by atoms with Crippen LogP contribution in [0.5, 0.6) is 11.5 Å². The maximum absolute atomic E-state index is 14.0. The summed E-state index contributed by atoms with van der Waals surface area (Å²) < 4.78 is 12.0. The van der Waals surface area contributed by atoms with Crippen LogP contribution < -0.4 is 20.1 Å². The SMILES string of the molecule is [B]C(=O)N[C@H]1CCCCC=CC2C[C@@]2(C(=O)O)NC(=O)[C@@H]2C[C@@H](Oc3cc(-c4ccccc4)nc4cc(OC)ccc34)CN2C1=O. The van der Waals surface area contributed by atoms with Crippen LogP contribution in [0.1, 0.15) is 38.5 Å². The molecule has 2 fully saturated rings. The first-order valence-electron chi connectivity index (χ1n) is 15.5. The third-order valence-corrected chi connectivity index (χ3v) is 9.03. The predicted octanol–water partition coefficient (Wildman–Crippen LogP) is 3.60. The summed E-state index contributed by atoms with van der Waals surface area (Å²) in [5.74, 6) is -2.21. The molecule has 3 aliphatic rings. The van der Waals surface area contributed by atoms with Crippen molar-refractivity contribution in [2.24, 2.45) is 5.92 Å². The largest absolute Gasteiger partial charge is 0.497 e. The molecule has 0 spiro atoms. The minimum absolute atomic E-state index is 0.0396. The summed E-state index contributed by atoms with van der Waals surface area (Å²) in [6.45, 7) is 0.0396. The summed E-state index contributed by atoms with van der Waals surface area (Å²) in [5.41, 5.74) is 0.760. The first kappa shape index (κ1) is 31.1. The lowest BCUT2D eigenvalue weighted by Gasteiger charge is -2.29. The van der Waals surface area contributed by atoms with E-state index in [1.54, 1.807) is 13.2 Å². The highest BCUT2D eigenvalue weighted by Crippen LogP contribution is 2.45. The van der Waals surface area contributed by atoms with E-state index in [-0.39, 0.29) is 25.3 Å². The van der Waals surface area contributed by atoms with E-state index in [4.69, 9.17) is 22.3 Å². The second kappa shape index (κ2) is 12.9. The summed E-state index contributed by atoms with van der Waals surface area (Å²) in [6.07, 6.45) is 5.88. The van der Waals surface area contributed by atoms with Crippen LogP contribution in [0.25, 0.3) is 22.2 Å². The van der Waals surface area contributed by atoms with E-state index >= 15 is 0 Å². The summed E-state index contributed by atoms with van der Waals surface area (Å²) >= 11 is 0. The Hall–Kier alpha value is -4.87. The smallest absolute Gasteiger partial charge is 0.330 e. The maximum Gasteiger partial charge on any atom is 0.330 e. The molecule has 1 unspecified atom stereocenters. The molecule has 6 rings (SSSR count). The molecule has 1 saturated carbocycles. The van der Waals surface area contributed by atoms with Crippen molar-refractivity contribution in [1.29, 1.82) is 0 Å². The van der Waals surface area contributed by atoms with Crippen molar-refractivity contribution in [1.82, 2.24) is 20.5 Å². The van der Waals surface area contributed by atoms with Crippen LogP contribution in [0, 0.1) is 5.92 Å². The first-order valence-corrected chi connectivity index (χ1v) is 15.5. The van der Waals surface area contributed by atoms with Crippen LogP contribution in [0.15, 0.2) is 66.7 Å². The molecule has 3 N–H and O–H groups in total. The zero-order valence-electron chi connectivity index (χ0n) is 25.5. The van der Waals surface area contributed by atoms with Crippen molar-refractivity contribution in [2.75, 3.05) is 13.7 Å². The van der Waals surface area contributed by atoms with E-state index in [0.717, 1.165) is 17.4 Å². The quantitative estimate of drug-likeness (QED) is 0.279. The molecule has 1 aromatic heterocycles. The number of pyridine rings is 1. The van der Waals surface area contributed by atoms with Crippen LogP contribution in [-0.2, 0) is 14.4 Å². The number of aromatic nitrogens is 1. The van der Waals surface area contributed by atoms with Crippen molar-refractivity contribution in [2.45, 2.75) is 62.3 Å². The van der Waals surface area contributed by atoms with Gasteiger partial charge >= 0.3 is 5.97 Å². The molecule has 5 atom stereocenters. The van der Waals surface area contributed by atoms with Gasteiger partial charge in [0.05, 0.1) is 24.9 Å². The number of carbonyl (C=O) groups excluding carboxylic acids is 3. The first-order chi connectivity index (χ1) is 22.2. The van der Waals surface area contributed by atoms with Crippen molar-refractivity contribution in [3.8, 4) is 22.8 Å². The van der Waals surface area contributed by atoms with Crippen molar-refractivity contribution < 1.29 is 33.8 Å². The molecule has 3 aromatic rings. The van der Waals surface area contributed by atoms with Crippen LogP contribution in [0.4, 0.5) is 4.79 Å². The van der Waals surface area contributed by atoms with Gasteiger partial charge in [0.1, 0.15) is 35.2 Å². The third-order valence-electron chi connectivity index (χ3n) is 9.03. The van der Waals surface area contributed by atoms with Gasteiger partial charge in [0.25, 0.3) is 0 Å². The molecule has 2 aliphatic heterocycles. The highest BCUT2D eigenvalue weighted by atomic mass is 16.5. The van der Waals surface area contributed by atoms with E-state index in [9.17, 15) is 24.3 Å². The number of hydrogen-bond donors (Lipinski definition) is 3. The molecule has 3 heterocycles. The topological polar surface area (TPSA) is 147 Å². The van der Waals surface area contributed by atoms with Gasteiger partial charge in [-0.25, -0.2) is 9.78 Å². The monoisotopic (exact) mass is 622 g/mol. The number of rotatable bonds is 6. The molecule has 1 saturated heterocycles. The second-order valence-corrected chi connectivity index (χ2v) is 12.1. The van der Waals surface area contributed by atoms with Crippen LogP contribution in [0.2, 0.25) is 0 Å². The van der Waals surface area contributed by atoms with E-state index in [0.29, 0.717) is 42.0 Å². The molecule has 3 amide bonds. The zero-order chi connectivity index (χ0) is 32.4. The van der Waals surface area contributed by atoms with Gasteiger partial charge in [-0.15, -0.1) is 0 Å². The fourth-order valence-corrected chi connectivity index (χ4v) is 6.48. The summed E-state index contributed by atoms with van der Waals surface area (Å²) in [4.78, 5) is 58.2. The average Bonchev–Trinajstić information content (AvgIpc) is 3.58. The van der Waals surface area contributed by atoms with Gasteiger partial charge in [-0.05, 0) is 37.8 Å². The lowest BCUT2D eigenvalue weighted by atomic mass is 10.0. The Bertz CT molecular complexity index is 1700. The summed E-state index contributed by atoms with van der Waals surface area (Å²) in [5, 5.41) is 16.1. The molecule has 2 radical (unpaired) electrons. The molecule has 0 bridgehead atoms. The Morgan fingerprint density at radius 1 is 1.13 bits per heavy atom. The van der Waals surface area contributed by atoms with Crippen molar-refractivity contribution >= 4 is 42.3 Å². The molecule has 11 nitrogen and oxygen atoms in total. The molecule has 2 aromatic carbocycles. The third kappa shape index (κ3) is 6.29. The van der Waals surface area contributed by atoms with Crippen molar-refractivity contribution in [3.63, 3.8) is 0 Å². The maximum atomic E-state index is 14.0. The number of hydrogen-bond acceptors (Lipinski definition) is 7. The number of aliphatic carboxylic acids is 1. The Morgan fingerprint density at radius 2 is 1.93 bits per heavy atom. The van der Waals surface area contributed by atoms with Gasteiger partial charge in [0, 0.05) is 35.4 Å². The average molecular weight is 622 g/mol. The predicted molar refractivity (Wildman–Crippen MR) is 171 cm³/mol. The van der Waals surface area contributed by atoms with Crippen molar-refractivity contribution in [3.05, 3.63) is 66.7 Å². The van der Waals surface area contributed by atoms with Gasteiger partial charge in [0.15, 0.2) is 5.81 Å². The van der Waals surface area contributed by atoms with Crippen LogP contribution in [0.3, 0.4) is 0 Å². The lowest BCUT2D eigenvalue weighted by molar-refractivity contribution is -0.145. The molecule has 1 aliphatic carbocycles. The molecular formula is C34H35BN4O7. The van der Waals surface area contributed by atoms with E-state index in [1.807, 2.05) is 60.7 Å². The van der Waals surface area contributed by atoms with Gasteiger partial charge in [-0.2, -0.15) is 0 Å². The number of carboxylic acids is 1. The van der Waals surface area contributed by atoms with E-state index in [2.05, 4.69) is 10.6 Å². The number of allylic oxidation sites excluding steroid dienone is 1. The van der Waals surface area contributed by atoms with Gasteiger partial charge in [0.2, 0.25) is 19.7 Å². The fraction of sp³-hybridized carbons (Fsp3) is 0.382. The van der Waals surface area contributed by atoms with E-state index in [1.165, 1.54) is 4.90 Å². The normalized spacial score (nSPS) is 26.3. The molecule has 236 valence electrons. The Morgan fingerprint density at radius 3 is 2.67 bits per heavy atom. The number of ether oxygens (including phenoxy) is 2. The summed E-state index contributed by atoms with van der Waals surface area (Å²) in [7, 11) is 7.01. The van der Waals surface area contributed by atoms with Gasteiger partial charge in [-0.3, -0.25) is 14.4 Å². The molecular weight excluding hydrogens is 587 g/mol. The number of nitrogens with one attached hydrogen (secondary N) is 2. The fourth-order valence-electron chi connectivity index (χ4n) is 6.48. The highest BCUT2D eigenvalue weighted by Gasteiger charge is 2.61. The van der Waals surface area contributed by atoms with Crippen LogP contribution in [-0.4, -0.2) is 83.8 Å². The number of nitrogens with zero attached hydrogens (tertiary/aromatic N) is 2. The number of carboxylic acid groups (broad SMARTS) is 1. The Labute approximate surface area is 267 Å². The number of amides is 3. The highest BCUT2D eigenvalue weighted by molar-refractivity contribution is 6.57. The Balaban J connectivity index is 1.35. The molecule has 46 heavy (non-hydrogen) atoms. The van der Waals surface area contributed by atoms with Gasteiger partial charge < -0.3 is 30.1 Å². The number of methoxy groups -OCH3 is 1. The minimum Gasteiger partial charge on any atom is -0.497 e. The van der Waals surface area contributed by atoms with Crippen LogP contribution >= 0.6 is 0 Å².